The average molecular weight is 482 g/mol. The van der Waals surface area contributed by atoms with E-state index in [-0.39, 0.29) is 10.8 Å². The summed E-state index contributed by atoms with van der Waals surface area (Å²) in [4.78, 5) is 2.37. The van der Waals surface area contributed by atoms with Crippen LogP contribution in [0.25, 0.3) is 16.7 Å². The van der Waals surface area contributed by atoms with E-state index >= 15 is 0 Å². The Balaban J connectivity index is 1.53. The predicted molar refractivity (Wildman–Crippen MR) is 159 cm³/mol. The third-order valence-electron chi connectivity index (χ3n) is 8.76. The Kier molecular flexibility index (Phi) is 4.98. The molecule has 2 aliphatic rings. The lowest BCUT2D eigenvalue weighted by Gasteiger charge is -2.28. The summed E-state index contributed by atoms with van der Waals surface area (Å²) in [6.07, 6.45) is 0. The van der Waals surface area contributed by atoms with E-state index in [1.54, 1.807) is 0 Å². The number of benzene rings is 4. The van der Waals surface area contributed by atoms with Gasteiger partial charge in [-0.25, -0.2) is 0 Å². The van der Waals surface area contributed by atoms with E-state index in [1.165, 1.54) is 61.6 Å². The molecule has 0 atom stereocenters. The summed E-state index contributed by atoms with van der Waals surface area (Å²) >= 11 is 0. The lowest BCUT2D eigenvalue weighted by atomic mass is 9.80. The molecule has 0 unspecified atom stereocenters. The predicted octanol–water partition coefficient (Wildman–Crippen LogP) is 9.94. The summed E-state index contributed by atoms with van der Waals surface area (Å²) in [6.45, 7) is 22.3. The van der Waals surface area contributed by atoms with Gasteiger partial charge in [0.05, 0.1) is 0 Å². The Morgan fingerprint density at radius 1 is 0.514 bits per heavy atom. The van der Waals surface area contributed by atoms with Gasteiger partial charge in [-0.1, -0.05) is 82.3 Å². The van der Waals surface area contributed by atoms with Crippen molar-refractivity contribution in [1.29, 1.82) is 0 Å². The summed E-state index contributed by atoms with van der Waals surface area (Å²) < 4.78 is 0. The van der Waals surface area contributed by atoms with Gasteiger partial charge in [-0.15, -0.1) is 0 Å². The largest absolute Gasteiger partial charge is 0.310 e. The Hall–Kier alpha value is -3.84. The molecular weight excluding hydrogens is 446 g/mol. The maximum atomic E-state index is 4.41. The zero-order valence-corrected chi connectivity index (χ0v) is 22.9. The van der Waals surface area contributed by atoms with Crippen molar-refractivity contribution in [2.45, 2.75) is 52.4 Å². The lowest BCUT2D eigenvalue weighted by Crippen LogP contribution is -2.17. The Morgan fingerprint density at radius 2 is 0.973 bits per heavy atom. The van der Waals surface area contributed by atoms with E-state index in [0.717, 1.165) is 11.1 Å². The van der Waals surface area contributed by atoms with Crippen molar-refractivity contribution in [1.82, 2.24) is 0 Å². The molecule has 0 aliphatic heterocycles. The number of anilines is 3. The third-order valence-corrected chi connectivity index (χ3v) is 8.76. The topological polar surface area (TPSA) is 3.24 Å². The first kappa shape index (κ1) is 23.6. The normalized spacial score (nSPS) is 16.4. The van der Waals surface area contributed by atoms with E-state index in [9.17, 15) is 0 Å². The van der Waals surface area contributed by atoms with Crippen molar-refractivity contribution in [2.75, 3.05) is 4.90 Å². The van der Waals surface area contributed by atoms with Crippen LogP contribution in [-0.2, 0) is 10.8 Å². The number of aryl methyl sites for hydroxylation is 2. The standard InChI is InChI=1S/C36H35N/c1-22-9-13-26(14-10-22)37(27-15-11-23(2)12-16-27)28-17-18-29-31-21-33-30(24(3)25(4)35(33,5)6)20-34(31)36(7,8)32(29)19-28/h9-21H,3-4H2,1-2,5-8H3. The fourth-order valence-electron chi connectivity index (χ4n) is 6.21. The van der Waals surface area contributed by atoms with Crippen LogP contribution in [0.5, 0.6) is 0 Å². The van der Waals surface area contributed by atoms with Gasteiger partial charge >= 0.3 is 0 Å². The summed E-state index contributed by atoms with van der Waals surface area (Å²) in [5.41, 5.74) is 16.1. The van der Waals surface area contributed by atoms with Gasteiger partial charge in [0.25, 0.3) is 0 Å². The third kappa shape index (κ3) is 3.37. The fraction of sp³-hybridized carbons (Fsp3) is 0.222. The van der Waals surface area contributed by atoms with Crippen molar-refractivity contribution >= 4 is 22.6 Å². The zero-order valence-electron chi connectivity index (χ0n) is 22.9. The van der Waals surface area contributed by atoms with Crippen LogP contribution in [0.3, 0.4) is 0 Å². The average Bonchev–Trinajstić information content (AvgIpc) is 3.20. The molecule has 6 rings (SSSR count). The molecule has 0 aromatic heterocycles. The zero-order chi connectivity index (χ0) is 26.3. The minimum absolute atomic E-state index is 0.0953. The van der Waals surface area contributed by atoms with Crippen LogP contribution in [-0.4, -0.2) is 0 Å². The number of hydrogen-bond donors (Lipinski definition) is 0. The lowest BCUT2D eigenvalue weighted by molar-refractivity contribution is 0.652. The molecular formula is C36H35N. The Morgan fingerprint density at radius 3 is 1.54 bits per heavy atom. The second-order valence-electron chi connectivity index (χ2n) is 11.9. The van der Waals surface area contributed by atoms with Crippen LogP contribution in [0.15, 0.2) is 97.6 Å². The second kappa shape index (κ2) is 7.83. The molecule has 2 aliphatic carbocycles. The molecule has 0 saturated carbocycles. The molecule has 0 fully saturated rings. The molecule has 0 spiro atoms. The maximum absolute atomic E-state index is 4.41. The molecule has 1 nitrogen and oxygen atoms in total. The summed E-state index contributed by atoms with van der Waals surface area (Å²) in [6, 6.07) is 29.4. The fourth-order valence-corrected chi connectivity index (χ4v) is 6.21. The highest BCUT2D eigenvalue weighted by Crippen LogP contribution is 2.56. The second-order valence-corrected chi connectivity index (χ2v) is 11.9. The number of hydrogen-bond acceptors (Lipinski definition) is 1. The first-order chi connectivity index (χ1) is 17.5. The highest BCUT2D eigenvalue weighted by molar-refractivity contribution is 5.93. The first-order valence-electron chi connectivity index (χ1n) is 13.2. The monoisotopic (exact) mass is 481 g/mol. The van der Waals surface area contributed by atoms with Gasteiger partial charge in [0.1, 0.15) is 0 Å². The SMILES string of the molecule is C=C1C(=C)C(C)(C)c2cc3c(cc21)C(C)(C)c1cc(N(c2ccc(C)cc2)c2ccc(C)cc2)ccc1-3. The molecule has 0 heterocycles. The molecule has 4 aromatic rings. The van der Waals surface area contributed by atoms with Crippen LogP contribution in [0.4, 0.5) is 17.1 Å². The van der Waals surface area contributed by atoms with Crippen LogP contribution in [0.1, 0.15) is 61.1 Å². The molecule has 1 heteroatoms. The highest BCUT2D eigenvalue weighted by atomic mass is 15.1. The van der Waals surface area contributed by atoms with Gasteiger partial charge in [-0.3, -0.25) is 0 Å². The molecule has 0 saturated heterocycles. The summed E-state index contributed by atoms with van der Waals surface area (Å²) in [5.74, 6) is 0. The molecule has 0 amide bonds. The van der Waals surface area contributed by atoms with E-state index in [1.807, 2.05) is 0 Å². The minimum atomic E-state index is -0.115. The number of rotatable bonds is 3. The van der Waals surface area contributed by atoms with Crippen LogP contribution >= 0.6 is 0 Å². The smallest absolute Gasteiger partial charge is 0.0465 e. The molecule has 0 N–H and O–H groups in total. The quantitative estimate of drug-likeness (QED) is 0.281. The van der Waals surface area contributed by atoms with Crippen molar-refractivity contribution in [3.63, 3.8) is 0 Å². The molecule has 184 valence electrons. The van der Waals surface area contributed by atoms with Gasteiger partial charge in [0, 0.05) is 27.9 Å². The molecule has 37 heavy (non-hydrogen) atoms. The highest BCUT2D eigenvalue weighted by Gasteiger charge is 2.42. The minimum Gasteiger partial charge on any atom is -0.310 e. The molecule has 4 aromatic carbocycles. The van der Waals surface area contributed by atoms with Crippen molar-refractivity contribution < 1.29 is 0 Å². The maximum Gasteiger partial charge on any atom is 0.0465 e. The van der Waals surface area contributed by atoms with E-state index in [0.29, 0.717) is 0 Å². The number of fused-ring (bicyclic) bond motifs is 4. The van der Waals surface area contributed by atoms with Gasteiger partial charge in [0.2, 0.25) is 0 Å². The van der Waals surface area contributed by atoms with Crippen molar-refractivity contribution in [3.8, 4) is 11.1 Å². The van der Waals surface area contributed by atoms with Gasteiger partial charge in [0.15, 0.2) is 0 Å². The van der Waals surface area contributed by atoms with Crippen molar-refractivity contribution in [3.05, 3.63) is 131 Å². The first-order valence-corrected chi connectivity index (χ1v) is 13.2. The Bertz CT molecular complexity index is 1550. The van der Waals surface area contributed by atoms with Gasteiger partial charge in [-0.2, -0.15) is 0 Å². The molecule has 0 bridgehead atoms. The van der Waals surface area contributed by atoms with Crippen LogP contribution < -0.4 is 4.90 Å². The van der Waals surface area contributed by atoms with Gasteiger partial charge < -0.3 is 4.90 Å². The number of allylic oxidation sites excluding steroid dienone is 2. The van der Waals surface area contributed by atoms with Crippen LogP contribution in [0, 0.1) is 13.8 Å². The number of nitrogens with zero attached hydrogens (tertiary/aromatic N) is 1. The molecule has 0 radical (unpaired) electrons. The van der Waals surface area contributed by atoms with E-state index in [2.05, 4.69) is 138 Å². The Labute approximate surface area is 221 Å². The van der Waals surface area contributed by atoms with Crippen LogP contribution in [0.2, 0.25) is 0 Å². The van der Waals surface area contributed by atoms with Gasteiger partial charge in [-0.05, 0) is 107 Å². The van der Waals surface area contributed by atoms with E-state index in [4.69, 9.17) is 0 Å². The summed E-state index contributed by atoms with van der Waals surface area (Å²) in [5, 5.41) is 0. The van der Waals surface area contributed by atoms with E-state index < -0.39 is 0 Å². The van der Waals surface area contributed by atoms with Crippen molar-refractivity contribution in [2.24, 2.45) is 0 Å². The summed E-state index contributed by atoms with van der Waals surface area (Å²) in [7, 11) is 0.